The highest BCUT2D eigenvalue weighted by molar-refractivity contribution is 5.94. The van der Waals surface area contributed by atoms with Crippen LogP contribution >= 0.6 is 0 Å². The second kappa shape index (κ2) is 23.3. The molecule has 0 radical (unpaired) electrons. The van der Waals surface area contributed by atoms with Crippen LogP contribution in [0.1, 0.15) is 117 Å². The Kier molecular flexibility index (Phi) is 21.3. The minimum atomic E-state index is -1.11. The number of aliphatic imine (C=N–C) groups is 3. The summed E-state index contributed by atoms with van der Waals surface area (Å²) in [5.74, 6) is 0. The zero-order valence-electron chi connectivity index (χ0n) is 22.7. The van der Waals surface area contributed by atoms with E-state index in [-0.39, 0.29) is 6.42 Å². The molecule has 3 atom stereocenters. The van der Waals surface area contributed by atoms with Gasteiger partial charge in [-0.25, -0.2) is 28.9 Å². The van der Waals surface area contributed by atoms with E-state index in [0.29, 0.717) is 19.3 Å². The Morgan fingerprint density at radius 2 is 0.973 bits per heavy atom. The molecule has 0 aliphatic carbocycles. The van der Waals surface area contributed by atoms with Gasteiger partial charge in [-0.3, -0.25) is 0 Å². The first-order chi connectivity index (χ1) is 18.0. The molecule has 0 spiro atoms. The van der Waals surface area contributed by atoms with Crippen LogP contribution in [0.4, 0.5) is 9.59 Å². The van der Waals surface area contributed by atoms with Crippen LogP contribution in [0, 0.1) is 0 Å². The fourth-order valence-electron chi connectivity index (χ4n) is 3.85. The van der Waals surface area contributed by atoms with E-state index >= 15 is 0 Å². The van der Waals surface area contributed by atoms with E-state index in [9.17, 15) is 24.0 Å². The van der Waals surface area contributed by atoms with Gasteiger partial charge in [0, 0.05) is 0 Å². The van der Waals surface area contributed by atoms with Crippen LogP contribution in [0.5, 0.6) is 0 Å². The van der Waals surface area contributed by atoms with Gasteiger partial charge < -0.3 is 10.6 Å². The standard InChI is InChI=1S/C26H44N6O5/c1-4-7-10-13-16-22(27-19-33)30-25(36)32(24(29-21-35)18-15-12-9-6-3)26(37)31-23(28-20-34)17-14-11-8-5-2/h22-24H,4-18H2,1-3H3,(H,30,36)(H,31,37). The van der Waals surface area contributed by atoms with Crippen molar-refractivity contribution in [2.75, 3.05) is 0 Å². The van der Waals surface area contributed by atoms with Crippen molar-refractivity contribution in [3.63, 3.8) is 0 Å². The smallest absolute Gasteiger partial charge is 0.315 e. The molecule has 208 valence electrons. The highest BCUT2D eigenvalue weighted by Crippen LogP contribution is 2.15. The van der Waals surface area contributed by atoms with Gasteiger partial charge in [0.15, 0.2) is 0 Å². The van der Waals surface area contributed by atoms with E-state index in [1.807, 2.05) is 0 Å². The second-order valence-corrected chi connectivity index (χ2v) is 8.99. The summed E-state index contributed by atoms with van der Waals surface area (Å²) in [4.78, 5) is 71.5. The van der Waals surface area contributed by atoms with Crippen molar-refractivity contribution in [2.24, 2.45) is 15.0 Å². The third-order valence-electron chi connectivity index (χ3n) is 5.91. The molecule has 0 aromatic carbocycles. The average molecular weight is 521 g/mol. The molecule has 0 rings (SSSR count). The van der Waals surface area contributed by atoms with Crippen LogP contribution in [-0.4, -0.2) is 53.7 Å². The second-order valence-electron chi connectivity index (χ2n) is 8.99. The Bertz CT molecular complexity index is 740. The van der Waals surface area contributed by atoms with Gasteiger partial charge in [-0.1, -0.05) is 78.6 Å². The number of carbonyl (C=O) groups is 2. The summed E-state index contributed by atoms with van der Waals surface area (Å²) in [5.41, 5.74) is 0. The van der Waals surface area contributed by atoms with Crippen molar-refractivity contribution in [3.05, 3.63) is 0 Å². The zero-order chi connectivity index (χ0) is 27.7. The van der Waals surface area contributed by atoms with Crippen molar-refractivity contribution in [2.45, 2.75) is 136 Å². The van der Waals surface area contributed by atoms with E-state index in [1.165, 1.54) is 18.2 Å². The molecule has 3 unspecified atom stereocenters. The third-order valence-corrected chi connectivity index (χ3v) is 5.91. The molecule has 0 aliphatic rings. The maximum absolute atomic E-state index is 13.3. The normalized spacial score (nSPS) is 12.6. The fraction of sp³-hybridized carbons (Fsp3) is 0.808. The van der Waals surface area contributed by atoms with Gasteiger partial charge in [-0.05, 0) is 38.5 Å². The first kappa shape index (κ1) is 33.9. The SMILES string of the molecule is CCCCCCC(N=C=O)NC(=O)N(C(=O)NC(CCCCCC)N=C=O)C(CCCCCC)N=C=O. The number of imide groups is 1. The van der Waals surface area contributed by atoms with Crippen LogP contribution in [-0.2, 0) is 14.4 Å². The number of nitrogens with one attached hydrogen (secondary N) is 2. The van der Waals surface area contributed by atoms with Crippen molar-refractivity contribution in [3.8, 4) is 0 Å². The number of isocyanates is 3. The molecule has 2 N–H and O–H groups in total. The summed E-state index contributed by atoms with van der Waals surface area (Å²) in [6, 6.07) is -1.73. The average Bonchev–Trinajstić information content (AvgIpc) is 2.87. The van der Waals surface area contributed by atoms with Gasteiger partial charge in [0.2, 0.25) is 18.2 Å². The minimum absolute atomic E-state index is 0.256. The maximum atomic E-state index is 13.3. The van der Waals surface area contributed by atoms with Gasteiger partial charge >= 0.3 is 12.1 Å². The lowest BCUT2D eigenvalue weighted by atomic mass is 10.1. The molecule has 0 aromatic rings. The fourth-order valence-corrected chi connectivity index (χ4v) is 3.85. The van der Waals surface area contributed by atoms with Gasteiger partial charge in [-0.2, -0.15) is 15.0 Å². The molecule has 11 nitrogen and oxygen atoms in total. The molecular weight excluding hydrogens is 476 g/mol. The molecule has 11 heteroatoms. The van der Waals surface area contributed by atoms with Crippen LogP contribution < -0.4 is 10.6 Å². The summed E-state index contributed by atoms with van der Waals surface area (Å²) in [7, 11) is 0. The van der Waals surface area contributed by atoms with Gasteiger partial charge in [0.1, 0.15) is 18.5 Å². The van der Waals surface area contributed by atoms with E-state index in [1.54, 1.807) is 0 Å². The molecule has 0 fully saturated rings. The predicted molar refractivity (Wildman–Crippen MR) is 141 cm³/mol. The Morgan fingerprint density at radius 3 is 1.32 bits per heavy atom. The highest BCUT2D eigenvalue weighted by Gasteiger charge is 2.32. The molecule has 0 saturated carbocycles. The van der Waals surface area contributed by atoms with Crippen molar-refractivity contribution < 1.29 is 24.0 Å². The Morgan fingerprint density at radius 1 is 0.595 bits per heavy atom. The summed E-state index contributed by atoms with van der Waals surface area (Å²) in [5, 5.41) is 5.16. The Hall–Kier alpha value is -3.12. The largest absolute Gasteiger partial charge is 0.329 e. The Balaban J connectivity index is 5.78. The van der Waals surface area contributed by atoms with Crippen LogP contribution in [0.3, 0.4) is 0 Å². The first-order valence-corrected chi connectivity index (χ1v) is 13.6. The molecule has 0 aliphatic heterocycles. The zero-order valence-corrected chi connectivity index (χ0v) is 22.7. The van der Waals surface area contributed by atoms with E-state index in [2.05, 4.69) is 46.4 Å². The summed E-state index contributed by atoms with van der Waals surface area (Å²) < 4.78 is 0. The number of amides is 4. The number of urea groups is 2. The third kappa shape index (κ3) is 16.3. The number of hydrogen-bond donors (Lipinski definition) is 2. The number of nitrogens with zero attached hydrogens (tertiary/aromatic N) is 4. The molecule has 0 heterocycles. The summed E-state index contributed by atoms with van der Waals surface area (Å²) in [6.07, 6.45) is 13.3. The number of carbonyl (C=O) groups excluding carboxylic acids is 5. The summed E-state index contributed by atoms with van der Waals surface area (Å²) in [6.45, 7) is 6.19. The van der Waals surface area contributed by atoms with Crippen LogP contribution in [0.25, 0.3) is 0 Å². The highest BCUT2D eigenvalue weighted by atomic mass is 16.2. The lowest BCUT2D eigenvalue weighted by Gasteiger charge is -2.29. The number of rotatable bonds is 21. The maximum Gasteiger partial charge on any atom is 0.329 e. The molecule has 4 amide bonds. The van der Waals surface area contributed by atoms with E-state index in [4.69, 9.17) is 0 Å². The molecule has 37 heavy (non-hydrogen) atoms. The Labute approximate surface area is 220 Å². The molecule has 0 aromatic heterocycles. The molecular formula is C26H44N6O5. The van der Waals surface area contributed by atoms with Gasteiger partial charge in [0.25, 0.3) is 0 Å². The van der Waals surface area contributed by atoms with Crippen molar-refractivity contribution in [1.29, 1.82) is 0 Å². The van der Waals surface area contributed by atoms with Crippen LogP contribution in [0.2, 0.25) is 0 Å². The van der Waals surface area contributed by atoms with E-state index < -0.39 is 30.6 Å². The van der Waals surface area contributed by atoms with Crippen molar-refractivity contribution >= 4 is 30.3 Å². The predicted octanol–water partition coefficient (Wildman–Crippen LogP) is 5.60. The quantitative estimate of drug-likeness (QED) is 0.115. The topological polar surface area (TPSA) is 150 Å². The van der Waals surface area contributed by atoms with Gasteiger partial charge in [-0.15, -0.1) is 0 Å². The lowest BCUT2D eigenvalue weighted by Crippen LogP contribution is -2.56. The summed E-state index contributed by atoms with van der Waals surface area (Å²) >= 11 is 0. The van der Waals surface area contributed by atoms with E-state index in [0.717, 1.165) is 75.5 Å². The molecule has 0 bridgehead atoms. The van der Waals surface area contributed by atoms with Gasteiger partial charge in [0.05, 0.1) is 0 Å². The lowest BCUT2D eigenvalue weighted by molar-refractivity contribution is 0.161. The number of hydrogen-bond acceptors (Lipinski definition) is 8. The minimum Gasteiger partial charge on any atom is -0.315 e. The monoisotopic (exact) mass is 520 g/mol. The van der Waals surface area contributed by atoms with Crippen LogP contribution in [0.15, 0.2) is 15.0 Å². The number of unbranched alkanes of at least 4 members (excludes halogenated alkanes) is 9. The molecule has 0 saturated heterocycles. The first-order valence-electron chi connectivity index (χ1n) is 13.6. The van der Waals surface area contributed by atoms with Crippen molar-refractivity contribution in [1.82, 2.24) is 15.5 Å².